The Morgan fingerprint density at radius 1 is 0.881 bits per heavy atom. The molecule has 59 heavy (non-hydrogen) atoms. The Bertz CT molecular complexity index is 2080. The zero-order chi connectivity index (χ0) is 41.7. The number of anilines is 1. The topological polar surface area (TPSA) is 183 Å². The van der Waals surface area contributed by atoms with E-state index in [1.807, 2.05) is 70.2 Å². The maximum Gasteiger partial charge on any atom is 0.407 e. The van der Waals surface area contributed by atoms with E-state index in [-0.39, 0.29) is 42.0 Å². The average Bonchev–Trinajstić information content (AvgIpc) is 3.81. The molecule has 5 N–H and O–H groups in total. The second kappa shape index (κ2) is 18.1. The number of aromatic nitrogens is 4. The summed E-state index contributed by atoms with van der Waals surface area (Å²) >= 11 is 0. The highest BCUT2D eigenvalue weighted by Gasteiger charge is 2.39. The standard InChI is InChI=1S/C45H57N9O5/c1-27-22-33(42(56)48-35-24-36-19-20-37(25-35)54(36)5)16-21-38(27)30-10-6-28(7-11-30)23-39(43(57)47-34-17-14-31(15-18-34)40-50-52-53-51-40)49-41(55)32-12-8-29(9-13-32)26-46-44(58)59-45(2,3)4/h6-7,10-11,14-18,21-22,29,32,35-37,39H,8-9,12-13,19-20,23-26H2,1-5H3,(H,46,58)(H,47,57)(H,48,56)(H,49,55)(H,50,51,52,53)/t29?,32?,35?,36?,37?,39-/m0/s1. The summed E-state index contributed by atoms with van der Waals surface area (Å²) in [6, 6.07) is 21.5. The minimum Gasteiger partial charge on any atom is -0.444 e. The van der Waals surface area contributed by atoms with Gasteiger partial charge in [0, 0.05) is 53.8 Å². The lowest BCUT2D eigenvalue weighted by Gasteiger charge is -2.36. The van der Waals surface area contributed by atoms with Crippen molar-refractivity contribution in [2.24, 2.45) is 11.8 Å². The average molecular weight is 804 g/mol. The van der Waals surface area contributed by atoms with Gasteiger partial charge >= 0.3 is 6.09 Å². The lowest BCUT2D eigenvalue weighted by Crippen LogP contribution is -2.48. The highest BCUT2D eigenvalue weighted by atomic mass is 16.6. The molecule has 1 aromatic heterocycles. The molecule has 2 aliphatic heterocycles. The molecular formula is C45H57N9O5. The maximum atomic E-state index is 13.9. The summed E-state index contributed by atoms with van der Waals surface area (Å²) in [5.74, 6) is -0.0689. The molecule has 3 atom stereocenters. The molecule has 0 radical (unpaired) electrons. The number of tetrazole rings is 1. The third-order valence-corrected chi connectivity index (χ3v) is 12.2. The molecule has 2 unspecified atom stereocenters. The van der Waals surface area contributed by atoms with Crippen molar-refractivity contribution >= 4 is 29.5 Å². The number of hydrogen-bond acceptors (Lipinski definition) is 9. The van der Waals surface area contributed by atoms with Crippen molar-refractivity contribution in [3.8, 4) is 22.5 Å². The first-order valence-electron chi connectivity index (χ1n) is 20.9. The minimum absolute atomic E-state index is 0.0264. The van der Waals surface area contributed by atoms with Crippen LogP contribution < -0.4 is 21.3 Å². The van der Waals surface area contributed by atoms with E-state index in [9.17, 15) is 19.2 Å². The van der Waals surface area contributed by atoms with E-state index in [1.54, 1.807) is 24.3 Å². The number of hydrogen-bond donors (Lipinski definition) is 5. The van der Waals surface area contributed by atoms with Gasteiger partial charge < -0.3 is 30.9 Å². The number of aromatic amines is 1. The number of fused-ring (bicyclic) bond motifs is 2. The van der Waals surface area contributed by atoms with Crippen LogP contribution in [0.4, 0.5) is 10.5 Å². The second-order valence-corrected chi connectivity index (χ2v) is 17.6. The molecule has 1 aliphatic carbocycles. The van der Waals surface area contributed by atoms with Gasteiger partial charge in [0.15, 0.2) is 0 Å². The highest BCUT2D eigenvalue weighted by molar-refractivity contribution is 5.98. The van der Waals surface area contributed by atoms with Gasteiger partial charge in [0.2, 0.25) is 17.6 Å². The lowest BCUT2D eigenvalue weighted by atomic mass is 9.81. The fourth-order valence-corrected chi connectivity index (χ4v) is 8.87. The number of ether oxygens (including phenoxy) is 1. The molecule has 2 saturated heterocycles. The molecule has 4 amide bonds. The number of piperidine rings is 1. The summed E-state index contributed by atoms with van der Waals surface area (Å²) in [7, 11) is 2.20. The van der Waals surface area contributed by atoms with E-state index in [4.69, 9.17) is 4.74 Å². The number of amides is 4. The van der Waals surface area contributed by atoms with Crippen molar-refractivity contribution in [3.63, 3.8) is 0 Å². The van der Waals surface area contributed by atoms with Crippen molar-refractivity contribution in [1.29, 1.82) is 0 Å². The van der Waals surface area contributed by atoms with Gasteiger partial charge in [-0.1, -0.05) is 30.3 Å². The lowest BCUT2D eigenvalue weighted by molar-refractivity contribution is -0.130. The van der Waals surface area contributed by atoms with Gasteiger partial charge in [-0.15, -0.1) is 10.2 Å². The Labute approximate surface area is 346 Å². The molecule has 3 aliphatic rings. The molecule has 1 saturated carbocycles. The number of alkyl carbamates (subject to hydrolysis) is 1. The normalized spacial score (nSPS) is 22.2. The Morgan fingerprint density at radius 2 is 1.56 bits per heavy atom. The van der Waals surface area contributed by atoms with Gasteiger partial charge in [0.25, 0.3) is 5.91 Å². The van der Waals surface area contributed by atoms with Gasteiger partial charge in [-0.3, -0.25) is 14.4 Å². The summed E-state index contributed by atoms with van der Waals surface area (Å²) < 4.78 is 5.37. The van der Waals surface area contributed by atoms with Crippen molar-refractivity contribution in [1.82, 2.24) is 41.5 Å². The third-order valence-electron chi connectivity index (χ3n) is 12.2. The van der Waals surface area contributed by atoms with Crippen LogP contribution in [-0.2, 0) is 20.7 Å². The SMILES string of the molecule is Cc1cc(C(=O)NC2CC3CCC(C2)N3C)ccc1-c1ccc(C[C@H](NC(=O)C2CCC(CNC(=O)OC(C)(C)C)CC2)C(=O)Nc2ccc(-c3nn[nH]n3)cc2)cc1. The molecule has 4 aromatic rings. The summed E-state index contributed by atoms with van der Waals surface area (Å²) in [5.41, 5.74) is 5.31. The summed E-state index contributed by atoms with van der Waals surface area (Å²) in [6.45, 7) is 8.00. The first kappa shape index (κ1) is 41.5. The fourth-order valence-electron chi connectivity index (χ4n) is 8.87. The Morgan fingerprint density at radius 3 is 2.19 bits per heavy atom. The highest BCUT2D eigenvalue weighted by Crippen LogP contribution is 2.35. The monoisotopic (exact) mass is 803 g/mol. The van der Waals surface area contributed by atoms with Crippen molar-refractivity contribution in [3.05, 3.63) is 83.4 Å². The molecule has 7 rings (SSSR count). The van der Waals surface area contributed by atoms with Crippen LogP contribution in [0.2, 0.25) is 0 Å². The quantitative estimate of drug-likeness (QED) is 0.111. The molecule has 3 fully saturated rings. The van der Waals surface area contributed by atoms with Crippen molar-refractivity contribution in [2.45, 2.75) is 115 Å². The number of rotatable bonds is 12. The molecule has 3 aromatic carbocycles. The third kappa shape index (κ3) is 10.7. The Kier molecular flexibility index (Phi) is 12.7. The second-order valence-electron chi connectivity index (χ2n) is 17.6. The molecule has 312 valence electrons. The van der Waals surface area contributed by atoms with Gasteiger partial charge in [0.05, 0.1) is 0 Å². The minimum atomic E-state index is -0.837. The summed E-state index contributed by atoms with van der Waals surface area (Å²) in [5, 5.41) is 26.3. The van der Waals surface area contributed by atoms with Crippen LogP contribution in [0.5, 0.6) is 0 Å². The molecule has 2 bridgehead atoms. The van der Waals surface area contributed by atoms with Gasteiger partial charge in [-0.2, -0.15) is 5.21 Å². The smallest absolute Gasteiger partial charge is 0.407 e. The van der Waals surface area contributed by atoms with E-state index in [2.05, 4.69) is 53.8 Å². The Hall–Kier alpha value is -5.63. The zero-order valence-electron chi connectivity index (χ0n) is 34.7. The number of carbonyl (C=O) groups is 4. The predicted octanol–water partition coefficient (Wildman–Crippen LogP) is 6.19. The zero-order valence-corrected chi connectivity index (χ0v) is 34.7. The van der Waals surface area contributed by atoms with Crippen LogP contribution >= 0.6 is 0 Å². The number of benzene rings is 3. The van der Waals surface area contributed by atoms with Gasteiger partial charge in [-0.05, 0) is 156 Å². The van der Waals surface area contributed by atoms with Crippen molar-refractivity contribution < 1.29 is 23.9 Å². The van der Waals surface area contributed by atoms with Gasteiger partial charge in [-0.25, -0.2) is 4.79 Å². The molecule has 3 heterocycles. The first-order chi connectivity index (χ1) is 28.3. The first-order valence-corrected chi connectivity index (χ1v) is 20.9. The van der Waals surface area contributed by atoms with Crippen molar-refractivity contribution in [2.75, 3.05) is 18.9 Å². The van der Waals surface area contributed by atoms with Crippen LogP contribution in [0.1, 0.15) is 93.6 Å². The number of aryl methyl sites for hydroxylation is 1. The predicted molar refractivity (Wildman–Crippen MR) is 225 cm³/mol. The number of nitrogens with one attached hydrogen (secondary N) is 5. The van der Waals surface area contributed by atoms with E-state index < -0.39 is 17.7 Å². The maximum absolute atomic E-state index is 13.9. The summed E-state index contributed by atoms with van der Waals surface area (Å²) in [6.07, 6.45) is 7.15. The van der Waals surface area contributed by atoms with Gasteiger partial charge in [0.1, 0.15) is 11.6 Å². The van der Waals surface area contributed by atoms with Crippen LogP contribution in [0.25, 0.3) is 22.5 Å². The van der Waals surface area contributed by atoms with Crippen LogP contribution in [0.15, 0.2) is 66.7 Å². The molecule has 0 spiro atoms. The van der Waals surface area contributed by atoms with Crippen LogP contribution in [0, 0.1) is 18.8 Å². The number of H-pyrrole nitrogens is 1. The van der Waals surface area contributed by atoms with E-state index in [0.717, 1.165) is 53.5 Å². The molecule has 14 heteroatoms. The fraction of sp³-hybridized carbons (Fsp3) is 0.489. The number of nitrogens with zero attached hydrogens (tertiary/aromatic N) is 4. The van der Waals surface area contributed by atoms with Crippen LogP contribution in [-0.4, -0.2) is 92.7 Å². The Balaban J connectivity index is 0.987. The summed E-state index contributed by atoms with van der Waals surface area (Å²) in [4.78, 5) is 55.5. The molecular weight excluding hydrogens is 747 g/mol. The van der Waals surface area contributed by atoms with Crippen LogP contribution in [0.3, 0.4) is 0 Å². The number of carbonyl (C=O) groups excluding carboxylic acids is 4. The van der Waals surface area contributed by atoms with E-state index in [1.165, 1.54) is 12.8 Å². The van der Waals surface area contributed by atoms with E-state index in [0.29, 0.717) is 48.5 Å². The largest absolute Gasteiger partial charge is 0.444 e. The van der Waals surface area contributed by atoms with E-state index >= 15 is 0 Å². The molecule has 14 nitrogen and oxygen atoms in total.